The van der Waals surface area contributed by atoms with Gasteiger partial charge >= 0.3 is 0 Å². The van der Waals surface area contributed by atoms with Gasteiger partial charge in [0.2, 0.25) is 5.95 Å². The second-order valence-electron chi connectivity index (χ2n) is 6.13. The third kappa shape index (κ3) is 1.41. The Morgan fingerprint density at radius 3 is 2.24 bits per heavy atom. The highest BCUT2D eigenvalue weighted by molar-refractivity contribution is 5.35. The molecule has 17 heavy (non-hydrogen) atoms. The van der Waals surface area contributed by atoms with Crippen LogP contribution in [0.3, 0.4) is 0 Å². The Kier molecular flexibility index (Phi) is 1.86. The Morgan fingerprint density at radius 1 is 1.06 bits per heavy atom. The molecule has 0 spiro atoms. The van der Waals surface area contributed by atoms with Crippen LogP contribution in [0.4, 0.5) is 5.95 Å². The number of aromatic nitrogens is 2. The lowest BCUT2D eigenvalue weighted by atomic mass is 10.0. The van der Waals surface area contributed by atoms with Gasteiger partial charge in [-0.15, -0.1) is 0 Å². The van der Waals surface area contributed by atoms with Crippen LogP contribution in [0.1, 0.15) is 30.7 Å². The Balaban J connectivity index is 1.52. The summed E-state index contributed by atoms with van der Waals surface area (Å²) in [7, 11) is 0. The first kappa shape index (κ1) is 9.86. The van der Waals surface area contributed by atoms with Gasteiger partial charge in [0.1, 0.15) is 0 Å². The summed E-state index contributed by atoms with van der Waals surface area (Å²) in [5.41, 5.74) is 2.13. The van der Waals surface area contributed by atoms with Gasteiger partial charge in [0, 0.05) is 17.4 Å². The van der Waals surface area contributed by atoms with Gasteiger partial charge in [-0.3, -0.25) is 0 Å². The van der Waals surface area contributed by atoms with E-state index < -0.39 is 0 Å². The first-order valence-electron chi connectivity index (χ1n) is 6.81. The molecule has 1 N–H and O–H groups in total. The average Bonchev–Trinajstić information content (AvgIpc) is 2.69. The van der Waals surface area contributed by atoms with E-state index in [4.69, 9.17) is 0 Å². The second-order valence-corrected chi connectivity index (χ2v) is 6.13. The van der Waals surface area contributed by atoms with Crippen molar-refractivity contribution in [1.29, 1.82) is 0 Å². The van der Waals surface area contributed by atoms with Gasteiger partial charge in [-0.2, -0.15) is 0 Å². The zero-order valence-corrected chi connectivity index (χ0v) is 10.5. The summed E-state index contributed by atoms with van der Waals surface area (Å²) in [6.07, 6.45) is 4.44. The van der Waals surface area contributed by atoms with Crippen LogP contribution in [-0.4, -0.2) is 16.0 Å². The maximum atomic E-state index is 4.49. The zero-order chi connectivity index (χ0) is 11.6. The van der Waals surface area contributed by atoms with E-state index in [1.54, 1.807) is 0 Å². The van der Waals surface area contributed by atoms with Crippen molar-refractivity contribution in [2.75, 3.05) is 5.32 Å². The summed E-state index contributed by atoms with van der Waals surface area (Å²) in [6, 6.07) is 2.71. The largest absolute Gasteiger partial charge is 0.351 e. The number of fused-ring (bicyclic) bond motifs is 5. The van der Waals surface area contributed by atoms with Crippen molar-refractivity contribution in [2.24, 2.45) is 23.7 Å². The average molecular weight is 229 g/mol. The van der Waals surface area contributed by atoms with E-state index in [0.29, 0.717) is 6.04 Å². The molecular formula is C14H19N3. The quantitative estimate of drug-likeness (QED) is 0.847. The van der Waals surface area contributed by atoms with Gasteiger partial charge in [-0.25, -0.2) is 9.97 Å². The van der Waals surface area contributed by atoms with Crippen LogP contribution in [0.2, 0.25) is 0 Å². The molecule has 3 fully saturated rings. The fourth-order valence-electron chi connectivity index (χ4n) is 4.46. The number of rotatable bonds is 2. The van der Waals surface area contributed by atoms with Crippen molar-refractivity contribution in [3.8, 4) is 0 Å². The first-order chi connectivity index (χ1) is 8.22. The number of aryl methyl sites for hydroxylation is 2. The standard InChI is InChI=1S/C14H19N3/c1-7-5-8(2)16-14(15-7)17-13-11-9-3-4-10(6-9)12(11)13/h5,9-13H,3-4,6H2,1-2H3,(H,15,16,17). The number of hydrogen-bond acceptors (Lipinski definition) is 3. The zero-order valence-electron chi connectivity index (χ0n) is 10.5. The maximum Gasteiger partial charge on any atom is 0.223 e. The Bertz CT molecular complexity index is 434. The highest BCUT2D eigenvalue weighted by Crippen LogP contribution is 2.66. The van der Waals surface area contributed by atoms with Gasteiger partial charge in [0.05, 0.1) is 0 Å². The van der Waals surface area contributed by atoms with Crippen molar-refractivity contribution >= 4 is 5.95 Å². The maximum absolute atomic E-state index is 4.49. The predicted molar refractivity (Wildman–Crippen MR) is 66.7 cm³/mol. The summed E-state index contributed by atoms with van der Waals surface area (Å²) in [5, 5.41) is 3.58. The van der Waals surface area contributed by atoms with E-state index in [9.17, 15) is 0 Å². The van der Waals surface area contributed by atoms with Gasteiger partial charge in [0.25, 0.3) is 0 Å². The normalized spacial score (nSPS) is 41.4. The Morgan fingerprint density at radius 2 is 1.65 bits per heavy atom. The van der Waals surface area contributed by atoms with Crippen molar-refractivity contribution in [3.63, 3.8) is 0 Å². The van der Waals surface area contributed by atoms with Crippen LogP contribution in [0.25, 0.3) is 0 Å². The molecule has 1 aromatic heterocycles. The molecule has 0 radical (unpaired) electrons. The minimum atomic E-state index is 0.683. The van der Waals surface area contributed by atoms with Gasteiger partial charge < -0.3 is 5.32 Å². The van der Waals surface area contributed by atoms with Crippen LogP contribution >= 0.6 is 0 Å². The summed E-state index contributed by atoms with van der Waals surface area (Å²) < 4.78 is 0. The van der Waals surface area contributed by atoms with Crippen LogP contribution in [-0.2, 0) is 0 Å². The molecule has 0 aromatic carbocycles. The van der Waals surface area contributed by atoms with E-state index in [0.717, 1.165) is 41.0 Å². The number of nitrogens with zero attached hydrogens (tertiary/aromatic N) is 2. The molecule has 90 valence electrons. The minimum absolute atomic E-state index is 0.683. The molecule has 0 aliphatic heterocycles. The van der Waals surface area contributed by atoms with Gasteiger partial charge in [-0.1, -0.05) is 0 Å². The molecular weight excluding hydrogens is 210 g/mol. The minimum Gasteiger partial charge on any atom is -0.351 e. The molecule has 3 aliphatic carbocycles. The lowest BCUT2D eigenvalue weighted by Crippen LogP contribution is -2.15. The molecule has 3 saturated carbocycles. The molecule has 4 rings (SSSR count). The summed E-state index contributed by atoms with van der Waals surface area (Å²) in [4.78, 5) is 8.98. The SMILES string of the molecule is Cc1cc(C)nc(NC2C3C4CCC(C4)C23)n1. The molecule has 3 aliphatic rings. The van der Waals surface area contributed by atoms with E-state index in [2.05, 4.69) is 15.3 Å². The Hall–Kier alpha value is -1.12. The van der Waals surface area contributed by atoms with Crippen molar-refractivity contribution in [1.82, 2.24) is 9.97 Å². The van der Waals surface area contributed by atoms with Crippen LogP contribution in [0.15, 0.2) is 6.07 Å². The van der Waals surface area contributed by atoms with E-state index >= 15 is 0 Å². The lowest BCUT2D eigenvalue weighted by Gasteiger charge is -2.11. The summed E-state index contributed by atoms with van der Waals surface area (Å²) in [6.45, 7) is 4.08. The molecule has 1 heterocycles. The Labute approximate surface area is 102 Å². The predicted octanol–water partition coefficient (Wildman–Crippen LogP) is 2.55. The topological polar surface area (TPSA) is 37.8 Å². The molecule has 0 saturated heterocycles. The highest BCUT2D eigenvalue weighted by atomic mass is 15.2. The van der Waals surface area contributed by atoms with E-state index in [1.165, 1.54) is 19.3 Å². The summed E-state index contributed by atoms with van der Waals surface area (Å²) >= 11 is 0. The molecule has 0 amide bonds. The smallest absolute Gasteiger partial charge is 0.223 e. The molecule has 3 heteroatoms. The van der Waals surface area contributed by atoms with Crippen LogP contribution in [0.5, 0.6) is 0 Å². The van der Waals surface area contributed by atoms with E-state index in [1.807, 2.05) is 19.9 Å². The number of hydrogen-bond donors (Lipinski definition) is 1. The van der Waals surface area contributed by atoms with Crippen molar-refractivity contribution in [3.05, 3.63) is 17.5 Å². The third-order valence-electron chi connectivity index (χ3n) is 5.01. The van der Waals surface area contributed by atoms with Crippen LogP contribution in [0, 0.1) is 37.5 Å². The monoisotopic (exact) mass is 229 g/mol. The fraction of sp³-hybridized carbons (Fsp3) is 0.714. The molecule has 3 nitrogen and oxygen atoms in total. The van der Waals surface area contributed by atoms with Gasteiger partial charge in [0.15, 0.2) is 0 Å². The molecule has 4 atom stereocenters. The lowest BCUT2D eigenvalue weighted by molar-refractivity contribution is 0.456. The van der Waals surface area contributed by atoms with E-state index in [-0.39, 0.29) is 0 Å². The second kappa shape index (κ2) is 3.21. The van der Waals surface area contributed by atoms with Crippen molar-refractivity contribution in [2.45, 2.75) is 39.2 Å². The molecule has 4 unspecified atom stereocenters. The van der Waals surface area contributed by atoms with Gasteiger partial charge in [-0.05, 0) is 62.8 Å². The number of anilines is 1. The fourth-order valence-corrected chi connectivity index (χ4v) is 4.46. The third-order valence-corrected chi connectivity index (χ3v) is 5.01. The molecule has 1 aromatic rings. The highest BCUT2D eigenvalue weighted by Gasteiger charge is 2.65. The van der Waals surface area contributed by atoms with Crippen LogP contribution < -0.4 is 5.32 Å². The van der Waals surface area contributed by atoms with Crippen molar-refractivity contribution < 1.29 is 0 Å². The summed E-state index contributed by atoms with van der Waals surface area (Å²) in [5.74, 6) is 4.75. The number of nitrogens with one attached hydrogen (secondary N) is 1. The molecule has 2 bridgehead atoms. The first-order valence-corrected chi connectivity index (χ1v) is 6.81.